The molecule has 3 heteroatoms. The largest absolute Gasteiger partial charge is 0.494 e. The second kappa shape index (κ2) is 6.74. The molecule has 0 saturated carbocycles. The molecule has 0 aromatic heterocycles. The van der Waals surface area contributed by atoms with E-state index in [1.807, 2.05) is 24.3 Å². The van der Waals surface area contributed by atoms with Crippen LogP contribution < -0.4 is 10.1 Å². The highest BCUT2D eigenvalue weighted by atomic mass is 19.1. The lowest BCUT2D eigenvalue weighted by Gasteiger charge is -2.26. The van der Waals surface area contributed by atoms with Crippen molar-refractivity contribution in [2.24, 2.45) is 0 Å². The second-order valence-corrected chi connectivity index (χ2v) is 4.88. The normalized spacial score (nSPS) is 21.6. The summed E-state index contributed by atoms with van der Waals surface area (Å²) in [6.07, 6.45) is 3.28. The van der Waals surface area contributed by atoms with Crippen LogP contribution in [-0.4, -0.2) is 19.2 Å². The smallest absolute Gasteiger partial charge is 0.140 e. The van der Waals surface area contributed by atoms with Crippen LogP contribution in [0.4, 0.5) is 4.39 Å². The number of rotatable bonds is 5. The Morgan fingerprint density at radius 3 is 2.72 bits per heavy atom. The number of nitrogens with one attached hydrogen (secondary N) is 1. The SMILES string of the molecule is CCCOc1ccc(C(F)C2CCCCN2)cc1. The van der Waals surface area contributed by atoms with Crippen LogP contribution in [0.15, 0.2) is 24.3 Å². The molecule has 1 aromatic rings. The number of halogens is 1. The third-order valence-corrected chi connectivity index (χ3v) is 3.37. The number of hydrogen-bond donors (Lipinski definition) is 1. The molecule has 0 aliphatic carbocycles. The molecule has 0 amide bonds. The van der Waals surface area contributed by atoms with Crippen LogP contribution in [0, 0.1) is 0 Å². The lowest BCUT2D eigenvalue weighted by Crippen LogP contribution is -2.37. The van der Waals surface area contributed by atoms with E-state index in [0.717, 1.165) is 43.5 Å². The van der Waals surface area contributed by atoms with Crippen LogP contribution in [0.5, 0.6) is 5.75 Å². The van der Waals surface area contributed by atoms with Gasteiger partial charge in [-0.25, -0.2) is 4.39 Å². The zero-order valence-corrected chi connectivity index (χ0v) is 11.0. The van der Waals surface area contributed by atoms with Crippen LogP contribution in [0.3, 0.4) is 0 Å². The topological polar surface area (TPSA) is 21.3 Å². The fraction of sp³-hybridized carbons (Fsp3) is 0.600. The van der Waals surface area contributed by atoms with Gasteiger partial charge in [-0.2, -0.15) is 0 Å². The minimum Gasteiger partial charge on any atom is -0.494 e. The average Bonchev–Trinajstić information content (AvgIpc) is 2.46. The molecular formula is C15H22FNO. The number of hydrogen-bond acceptors (Lipinski definition) is 2. The molecule has 1 aromatic carbocycles. The zero-order chi connectivity index (χ0) is 12.8. The van der Waals surface area contributed by atoms with E-state index in [-0.39, 0.29) is 6.04 Å². The molecule has 100 valence electrons. The van der Waals surface area contributed by atoms with Gasteiger partial charge in [0, 0.05) is 6.04 Å². The highest BCUT2D eigenvalue weighted by molar-refractivity contribution is 5.29. The Hall–Kier alpha value is -1.09. The summed E-state index contributed by atoms with van der Waals surface area (Å²) in [7, 11) is 0. The second-order valence-electron chi connectivity index (χ2n) is 4.88. The van der Waals surface area contributed by atoms with E-state index >= 15 is 0 Å². The molecule has 2 rings (SSSR count). The molecule has 0 bridgehead atoms. The van der Waals surface area contributed by atoms with Gasteiger partial charge in [0.2, 0.25) is 0 Å². The number of alkyl halides is 1. The first-order chi connectivity index (χ1) is 8.81. The summed E-state index contributed by atoms with van der Waals surface area (Å²) < 4.78 is 19.8. The van der Waals surface area contributed by atoms with Crippen molar-refractivity contribution < 1.29 is 9.13 Å². The molecule has 1 N–H and O–H groups in total. The Balaban J connectivity index is 1.95. The number of ether oxygens (including phenoxy) is 1. The molecule has 1 heterocycles. The highest BCUT2D eigenvalue weighted by Gasteiger charge is 2.24. The molecule has 1 aliphatic heterocycles. The van der Waals surface area contributed by atoms with Crippen molar-refractivity contribution in [3.8, 4) is 5.75 Å². The van der Waals surface area contributed by atoms with Gasteiger partial charge in [0.15, 0.2) is 0 Å². The predicted molar refractivity (Wildman–Crippen MR) is 71.7 cm³/mol. The fourth-order valence-electron chi connectivity index (χ4n) is 2.33. The number of benzene rings is 1. The minimum atomic E-state index is -0.912. The van der Waals surface area contributed by atoms with E-state index in [1.54, 1.807) is 0 Å². The highest BCUT2D eigenvalue weighted by Crippen LogP contribution is 2.27. The Labute approximate surface area is 109 Å². The summed E-state index contributed by atoms with van der Waals surface area (Å²) in [5.74, 6) is 0.824. The van der Waals surface area contributed by atoms with Gasteiger partial charge >= 0.3 is 0 Å². The summed E-state index contributed by atoms with van der Waals surface area (Å²) in [5.41, 5.74) is 0.748. The van der Waals surface area contributed by atoms with Crippen molar-refractivity contribution in [1.82, 2.24) is 5.32 Å². The predicted octanol–water partition coefficient (Wildman–Crippen LogP) is 3.63. The minimum absolute atomic E-state index is 0.0267. The van der Waals surface area contributed by atoms with Gasteiger partial charge in [-0.3, -0.25) is 0 Å². The summed E-state index contributed by atoms with van der Waals surface area (Å²) in [6, 6.07) is 7.37. The van der Waals surface area contributed by atoms with E-state index in [2.05, 4.69) is 12.2 Å². The molecule has 0 spiro atoms. The van der Waals surface area contributed by atoms with Gasteiger partial charge in [-0.15, -0.1) is 0 Å². The maximum Gasteiger partial charge on any atom is 0.140 e. The van der Waals surface area contributed by atoms with Crippen LogP contribution in [0.1, 0.15) is 44.3 Å². The third kappa shape index (κ3) is 3.45. The van der Waals surface area contributed by atoms with E-state index in [0.29, 0.717) is 6.61 Å². The summed E-state index contributed by atoms with van der Waals surface area (Å²) >= 11 is 0. The maximum absolute atomic E-state index is 14.3. The van der Waals surface area contributed by atoms with Gasteiger partial charge in [0.05, 0.1) is 6.61 Å². The zero-order valence-electron chi connectivity index (χ0n) is 11.0. The molecular weight excluding hydrogens is 229 g/mol. The third-order valence-electron chi connectivity index (χ3n) is 3.37. The van der Waals surface area contributed by atoms with Gasteiger partial charge in [-0.05, 0) is 43.5 Å². The quantitative estimate of drug-likeness (QED) is 0.863. The van der Waals surface area contributed by atoms with Gasteiger partial charge in [0.25, 0.3) is 0 Å². The van der Waals surface area contributed by atoms with Crippen LogP contribution >= 0.6 is 0 Å². The van der Waals surface area contributed by atoms with E-state index in [1.165, 1.54) is 0 Å². The van der Waals surface area contributed by atoms with Crippen molar-refractivity contribution in [3.63, 3.8) is 0 Å². The van der Waals surface area contributed by atoms with Crippen LogP contribution in [0.25, 0.3) is 0 Å². The Morgan fingerprint density at radius 2 is 2.11 bits per heavy atom. The van der Waals surface area contributed by atoms with E-state index in [4.69, 9.17) is 4.74 Å². The molecule has 2 atom stereocenters. The van der Waals surface area contributed by atoms with Gasteiger partial charge in [0.1, 0.15) is 11.9 Å². The Kier molecular flexibility index (Phi) is 5.00. The average molecular weight is 251 g/mol. The fourth-order valence-corrected chi connectivity index (χ4v) is 2.33. The van der Waals surface area contributed by atoms with Crippen molar-refractivity contribution in [1.29, 1.82) is 0 Å². The van der Waals surface area contributed by atoms with Crippen LogP contribution in [-0.2, 0) is 0 Å². The monoisotopic (exact) mass is 251 g/mol. The van der Waals surface area contributed by atoms with Crippen molar-refractivity contribution in [3.05, 3.63) is 29.8 Å². The number of piperidine rings is 1. The maximum atomic E-state index is 14.3. The molecule has 1 fully saturated rings. The standard InChI is InChI=1S/C15H22FNO/c1-2-11-18-13-8-6-12(7-9-13)15(16)14-5-3-4-10-17-14/h6-9,14-15,17H,2-5,10-11H2,1H3. The Morgan fingerprint density at radius 1 is 1.33 bits per heavy atom. The summed E-state index contributed by atoms with van der Waals surface area (Å²) in [6.45, 7) is 3.71. The van der Waals surface area contributed by atoms with E-state index < -0.39 is 6.17 Å². The lowest BCUT2D eigenvalue weighted by molar-refractivity contribution is 0.221. The summed E-state index contributed by atoms with van der Waals surface area (Å²) in [4.78, 5) is 0. The first kappa shape index (κ1) is 13.3. The van der Waals surface area contributed by atoms with Crippen LogP contribution in [0.2, 0.25) is 0 Å². The first-order valence-corrected chi connectivity index (χ1v) is 6.91. The molecule has 2 unspecified atom stereocenters. The molecule has 18 heavy (non-hydrogen) atoms. The van der Waals surface area contributed by atoms with Crippen molar-refractivity contribution >= 4 is 0 Å². The molecule has 2 nitrogen and oxygen atoms in total. The molecule has 1 saturated heterocycles. The molecule has 1 aliphatic rings. The Bertz CT molecular complexity index is 346. The molecule has 0 radical (unpaired) electrons. The van der Waals surface area contributed by atoms with Crippen molar-refractivity contribution in [2.45, 2.75) is 44.8 Å². The van der Waals surface area contributed by atoms with Gasteiger partial charge < -0.3 is 10.1 Å². The summed E-state index contributed by atoms with van der Waals surface area (Å²) in [5, 5.41) is 3.26. The lowest BCUT2D eigenvalue weighted by atomic mass is 9.96. The first-order valence-electron chi connectivity index (χ1n) is 6.91. The van der Waals surface area contributed by atoms with E-state index in [9.17, 15) is 4.39 Å². The van der Waals surface area contributed by atoms with Crippen molar-refractivity contribution in [2.75, 3.05) is 13.2 Å². The van der Waals surface area contributed by atoms with Gasteiger partial charge in [-0.1, -0.05) is 25.5 Å².